The van der Waals surface area contributed by atoms with Gasteiger partial charge in [0.1, 0.15) is 11.6 Å². The maximum atomic E-state index is 13.6. The molecule has 0 bridgehead atoms. The summed E-state index contributed by atoms with van der Waals surface area (Å²) in [5, 5.41) is 0. The molecule has 1 unspecified atom stereocenters. The molecule has 0 aromatic heterocycles. The summed E-state index contributed by atoms with van der Waals surface area (Å²) in [7, 11) is -2.27. The van der Waals surface area contributed by atoms with Crippen LogP contribution < -0.4 is 0 Å². The van der Waals surface area contributed by atoms with Crippen molar-refractivity contribution >= 4 is 15.9 Å². The summed E-state index contributed by atoms with van der Waals surface area (Å²) in [6, 6.07) is 2.85. The summed E-state index contributed by atoms with van der Waals surface area (Å²) in [5.41, 5.74) is -0.0602. The molecule has 1 amide bonds. The summed E-state index contributed by atoms with van der Waals surface area (Å²) < 4.78 is 52.3. The van der Waals surface area contributed by atoms with Crippen molar-refractivity contribution in [3.05, 3.63) is 35.4 Å². The van der Waals surface area contributed by atoms with E-state index in [1.807, 2.05) is 0 Å². The van der Waals surface area contributed by atoms with Crippen molar-refractivity contribution in [2.24, 2.45) is 5.92 Å². The van der Waals surface area contributed by atoms with Crippen molar-refractivity contribution in [1.82, 2.24) is 9.21 Å². The first-order chi connectivity index (χ1) is 10.7. The van der Waals surface area contributed by atoms with E-state index in [0.29, 0.717) is 19.2 Å². The molecule has 2 rings (SSSR count). The Hall–Kier alpha value is -1.54. The average molecular weight is 346 g/mol. The standard InChI is InChI=1S/C15H20F2N2O3S/c1-11(20)19-6-5-12(9-19)8-18(2)23(21,22)10-13-3-4-14(16)7-15(13)17/h3-4,7,12H,5-6,8-10H2,1-2H3. The zero-order valence-electron chi connectivity index (χ0n) is 13.1. The van der Waals surface area contributed by atoms with Gasteiger partial charge in [0, 0.05) is 45.2 Å². The lowest BCUT2D eigenvalue weighted by Gasteiger charge is -2.21. The number of hydrogen-bond acceptors (Lipinski definition) is 3. The number of amides is 1. The first kappa shape index (κ1) is 17.8. The van der Waals surface area contributed by atoms with Gasteiger partial charge < -0.3 is 4.90 Å². The molecule has 0 spiro atoms. The van der Waals surface area contributed by atoms with Gasteiger partial charge in [-0.1, -0.05) is 6.07 Å². The fourth-order valence-electron chi connectivity index (χ4n) is 2.69. The monoisotopic (exact) mass is 346 g/mol. The van der Waals surface area contributed by atoms with Gasteiger partial charge in [-0.05, 0) is 18.4 Å². The Morgan fingerprint density at radius 2 is 2.09 bits per heavy atom. The van der Waals surface area contributed by atoms with E-state index < -0.39 is 27.4 Å². The molecule has 23 heavy (non-hydrogen) atoms. The molecule has 1 heterocycles. The Bertz CT molecular complexity index is 694. The summed E-state index contributed by atoms with van der Waals surface area (Å²) in [6.07, 6.45) is 0.740. The van der Waals surface area contributed by atoms with E-state index in [0.717, 1.165) is 18.6 Å². The van der Waals surface area contributed by atoms with E-state index in [2.05, 4.69) is 0 Å². The van der Waals surface area contributed by atoms with Crippen molar-refractivity contribution in [3.63, 3.8) is 0 Å². The predicted octanol–water partition coefficient (Wildman–Crippen LogP) is 1.59. The number of nitrogens with zero attached hydrogens (tertiary/aromatic N) is 2. The van der Waals surface area contributed by atoms with Crippen LogP contribution in [0.5, 0.6) is 0 Å². The minimum Gasteiger partial charge on any atom is -0.343 e. The van der Waals surface area contributed by atoms with Crippen molar-refractivity contribution in [3.8, 4) is 0 Å². The SMILES string of the molecule is CC(=O)N1CCC(CN(C)S(=O)(=O)Cc2ccc(F)cc2F)C1. The highest BCUT2D eigenvalue weighted by molar-refractivity contribution is 7.88. The molecule has 0 aliphatic carbocycles. The Kier molecular flexibility index (Phi) is 5.36. The molecule has 1 atom stereocenters. The molecular formula is C15H20F2N2O3S. The maximum absolute atomic E-state index is 13.6. The van der Waals surface area contributed by atoms with Gasteiger partial charge in [0.2, 0.25) is 15.9 Å². The van der Waals surface area contributed by atoms with Crippen LogP contribution in [0.3, 0.4) is 0 Å². The van der Waals surface area contributed by atoms with E-state index in [1.165, 1.54) is 18.3 Å². The largest absolute Gasteiger partial charge is 0.343 e. The van der Waals surface area contributed by atoms with Gasteiger partial charge in [0.25, 0.3) is 0 Å². The molecule has 1 aromatic carbocycles. The Balaban J connectivity index is 2.00. The molecular weight excluding hydrogens is 326 g/mol. The van der Waals surface area contributed by atoms with Crippen LogP contribution >= 0.6 is 0 Å². The minimum atomic E-state index is -3.71. The molecule has 8 heteroatoms. The van der Waals surface area contributed by atoms with Crippen LogP contribution in [-0.4, -0.2) is 50.2 Å². The zero-order chi connectivity index (χ0) is 17.2. The number of hydrogen-bond donors (Lipinski definition) is 0. The van der Waals surface area contributed by atoms with Gasteiger partial charge in [0.05, 0.1) is 5.75 Å². The number of likely N-dealkylation sites (tertiary alicyclic amines) is 1. The minimum absolute atomic E-state index is 0.0219. The van der Waals surface area contributed by atoms with Crippen LogP contribution in [-0.2, 0) is 20.6 Å². The number of carbonyl (C=O) groups is 1. The second-order valence-corrected chi connectivity index (χ2v) is 7.97. The maximum Gasteiger partial charge on any atom is 0.219 e. The van der Waals surface area contributed by atoms with Crippen LogP contribution in [0, 0.1) is 17.6 Å². The Labute approximate surface area is 134 Å². The molecule has 0 saturated carbocycles. The Morgan fingerprint density at radius 1 is 1.39 bits per heavy atom. The first-order valence-corrected chi connectivity index (χ1v) is 8.93. The van der Waals surface area contributed by atoms with Crippen LogP contribution in [0.15, 0.2) is 18.2 Å². The first-order valence-electron chi connectivity index (χ1n) is 7.32. The van der Waals surface area contributed by atoms with Gasteiger partial charge in [-0.25, -0.2) is 21.5 Å². The highest BCUT2D eigenvalue weighted by Gasteiger charge is 2.29. The van der Waals surface area contributed by atoms with Crippen LogP contribution in [0.25, 0.3) is 0 Å². The molecule has 1 saturated heterocycles. The van der Waals surface area contributed by atoms with Crippen molar-refractivity contribution in [2.45, 2.75) is 19.1 Å². The Morgan fingerprint density at radius 3 is 2.65 bits per heavy atom. The lowest BCUT2D eigenvalue weighted by Crippen LogP contribution is -2.34. The molecule has 128 valence electrons. The summed E-state index contributed by atoms with van der Waals surface area (Å²) in [5.74, 6) is -2.08. The van der Waals surface area contributed by atoms with Crippen molar-refractivity contribution < 1.29 is 22.0 Å². The predicted molar refractivity (Wildman–Crippen MR) is 82.0 cm³/mol. The molecule has 0 N–H and O–H groups in total. The average Bonchev–Trinajstić information content (AvgIpc) is 2.90. The summed E-state index contributed by atoms with van der Waals surface area (Å²) >= 11 is 0. The van der Waals surface area contributed by atoms with E-state index in [9.17, 15) is 22.0 Å². The van der Waals surface area contributed by atoms with E-state index in [4.69, 9.17) is 0 Å². The highest BCUT2D eigenvalue weighted by atomic mass is 32.2. The number of rotatable bonds is 5. The van der Waals surface area contributed by atoms with Crippen molar-refractivity contribution in [1.29, 1.82) is 0 Å². The fraction of sp³-hybridized carbons (Fsp3) is 0.533. The highest BCUT2D eigenvalue weighted by Crippen LogP contribution is 2.20. The van der Waals surface area contributed by atoms with Gasteiger partial charge in [-0.3, -0.25) is 4.79 Å². The number of halogens is 2. The number of benzene rings is 1. The van der Waals surface area contributed by atoms with Crippen molar-refractivity contribution in [2.75, 3.05) is 26.7 Å². The van der Waals surface area contributed by atoms with Gasteiger partial charge in [0.15, 0.2) is 0 Å². The second kappa shape index (κ2) is 6.92. The normalized spacial score (nSPS) is 18.7. The number of sulfonamides is 1. The third-order valence-corrected chi connectivity index (χ3v) is 5.85. The van der Waals surface area contributed by atoms with Crippen LogP contribution in [0.1, 0.15) is 18.9 Å². The third-order valence-electron chi connectivity index (χ3n) is 4.07. The van der Waals surface area contributed by atoms with E-state index in [1.54, 1.807) is 4.90 Å². The van der Waals surface area contributed by atoms with Gasteiger partial charge in [-0.2, -0.15) is 0 Å². The van der Waals surface area contributed by atoms with Crippen LogP contribution in [0.4, 0.5) is 8.78 Å². The molecule has 1 fully saturated rings. The van der Waals surface area contributed by atoms with Gasteiger partial charge in [-0.15, -0.1) is 0 Å². The van der Waals surface area contributed by atoms with Crippen LogP contribution in [0.2, 0.25) is 0 Å². The number of carbonyl (C=O) groups excluding carboxylic acids is 1. The van der Waals surface area contributed by atoms with Gasteiger partial charge >= 0.3 is 0 Å². The molecule has 1 aromatic rings. The van der Waals surface area contributed by atoms with E-state index >= 15 is 0 Å². The molecule has 0 radical (unpaired) electrons. The smallest absolute Gasteiger partial charge is 0.219 e. The lowest BCUT2D eigenvalue weighted by atomic mass is 10.1. The summed E-state index contributed by atoms with van der Waals surface area (Å²) in [4.78, 5) is 13.0. The summed E-state index contributed by atoms with van der Waals surface area (Å²) in [6.45, 7) is 2.91. The lowest BCUT2D eigenvalue weighted by molar-refractivity contribution is -0.127. The third kappa shape index (κ3) is 4.48. The fourth-order valence-corrected chi connectivity index (χ4v) is 3.98. The quantitative estimate of drug-likeness (QED) is 0.814. The van der Waals surface area contributed by atoms with E-state index in [-0.39, 0.29) is 23.9 Å². The topological polar surface area (TPSA) is 57.7 Å². The second-order valence-electron chi connectivity index (χ2n) is 5.89. The zero-order valence-corrected chi connectivity index (χ0v) is 13.9. The molecule has 1 aliphatic rings. The molecule has 5 nitrogen and oxygen atoms in total. The molecule has 1 aliphatic heterocycles.